The zero-order valence-corrected chi connectivity index (χ0v) is 9.80. The fraction of sp³-hybridized carbons (Fsp3) is 0.0769. The molecule has 2 heterocycles. The Labute approximate surface area is 104 Å². The van der Waals surface area contributed by atoms with Crippen LogP contribution in [-0.2, 0) is 5.88 Å². The third-order valence-corrected chi connectivity index (χ3v) is 2.97. The summed E-state index contributed by atoms with van der Waals surface area (Å²) < 4.78 is 1.96. The number of fused-ring (bicyclic) bond motifs is 1. The van der Waals surface area contributed by atoms with Gasteiger partial charge >= 0.3 is 0 Å². The van der Waals surface area contributed by atoms with Gasteiger partial charge in [0.2, 0.25) is 0 Å². The van der Waals surface area contributed by atoms with Gasteiger partial charge in [0.05, 0.1) is 11.0 Å². The average Bonchev–Trinajstić information content (AvgIpc) is 2.82. The minimum absolute atomic E-state index is 0.488. The number of rotatable bonds is 2. The van der Waals surface area contributed by atoms with Gasteiger partial charge in [-0.3, -0.25) is 4.57 Å². The minimum atomic E-state index is 0.488. The van der Waals surface area contributed by atoms with Gasteiger partial charge in [0.1, 0.15) is 12.1 Å². The van der Waals surface area contributed by atoms with E-state index >= 15 is 0 Å². The Morgan fingerprint density at radius 1 is 1.12 bits per heavy atom. The number of nitrogens with zero attached hydrogens (tertiary/aromatic N) is 3. The first kappa shape index (κ1) is 10.3. The van der Waals surface area contributed by atoms with Crippen LogP contribution in [0.25, 0.3) is 16.9 Å². The molecule has 0 saturated carbocycles. The van der Waals surface area contributed by atoms with E-state index in [0.717, 1.165) is 22.4 Å². The Balaban J connectivity index is 2.20. The maximum absolute atomic E-state index is 5.83. The predicted molar refractivity (Wildman–Crippen MR) is 68.4 cm³/mol. The SMILES string of the molecule is ClCc1ccnc(-n2cnc3ccccc32)c1. The lowest BCUT2D eigenvalue weighted by Gasteiger charge is -2.04. The molecule has 0 saturated heterocycles. The zero-order valence-electron chi connectivity index (χ0n) is 9.05. The summed E-state index contributed by atoms with van der Waals surface area (Å²) in [7, 11) is 0. The Bertz CT molecular complexity index is 660. The highest BCUT2D eigenvalue weighted by Crippen LogP contribution is 2.17. The molecule has 2 aromatic heterocycles. The van der Waals surface area contributed by atoms with E-state index in [0.29, 0.717) is 5.88 Å². The summed E-state index contributed by atoms with van der Waals surface area (Å²) in [6.07, 6.45) is 3.55. The Hall–Kier alpha value is -1.87. The van der Waals surface area contributed by atoms with Crippen LogP contribution in [0.2, 0.25) is 0 Å². The third kappa shape index (κ3) is 1.78. The third-order valence-electron chi connectivity index (χ3n) is 2.66. The molecule has 84 valence electrons. The van der Waals surface area contributed by atoms with Crippen LogP contribution in [0.1, 0.15) is 5.56 Å². The number of alkyl halides is 1. The van der Waals surface area contributed by atoms with Gasteiger partial charge in [-0.25, -0.2) is 9.97 Å². The highest BCUT2D eigenvalue weighted by Gasteiger charge is 2.04. The van der Waals surface area contributed by atoms with Gasteiger partial charge in [0.25, 0.3) is 0 Å². The molecule has 0 radical (unpaired) electrons. The minimum Gasteiger partial charge on any atom is -0.283 e. The van der Waals surface area contributed by atoms with Crippen molar-refractivity contribution in [3.8, 4) is 5.82 Å². The quantitative estimate of drug-likeness (QED) is 0.648. The van der Waals surface area contributed by atoms with Crippen molar-refractivity contribution in [3.05, 3.63) is 54.5 Å². The van der Waals surface area contributed by atoms with E-state index in [1.165, 1.54) is 0 Å². The maximum atomic E-state index is 5.83. The number of halogens is 1. The molecule has 0 fully saturated rings. The summed E-state index contributed by atoms with van der Waals surface area (Å²) in [5.41, 5.74) is 3.06. The number of pyridine rings is 1. The van der Waals surface area contributed by atoms with E-state index in [1.807, 2.05) is 41.0 Å². The van der Waals surface area contributed by atoms with E-state index in [9.17, 15) is 0 Å². The van der Waals surface area contributed by atoms with Gasteiger partial charge in [-0.1, -0.05) is 12.1 Å². The topological polar surface area (TPSA) is 30.7 Å². The van der Waals surface area contributed by atoms with Crippen LogP contribution in [0.3, 0.4) is 0 Å². The summed E-state index contributed by atoms with van der Waals surface area (Å²) in [4.78, 5) is 8.68. The first-order valence-electron chi connectivity index (χ1n) is 5.32. The van der Waals surface area contributed by atoms with Gasteiger partial charge in [0.15, 0.2) is 0 Å². The van der Waals surface area contributed by atoms with Gasteiger partial charge in [-0.15, -0.1) is 11.6 Å². The van der Waals surface area contributed by atoms with Crippen molar-refractivity contribution in [2.45, 2.75) is 5.88 Å². The largest absolute Gasteiger partial charge is 0.283 e. The van der Waals surface area contributed by atoms with Crippen molar-refractivity contribution >= 4 is 22.6 Å². The molecule has 3 aromatic rings. The van der Waals surface area contributed by atoms with Crippen LogP contribution in [0.5, 0.6) is 0 Å². The molecule has 0 N–H and O–H groups in total. The molecule has 17 heavy (non-hydrogen) atoms. The number of aromatic nitrogens is 3. The molecule has 0 amide bonds. The second kappa shape index (κ2) is 4.18. The molecule has 1 aromatic carbocycles. The Morgan fingerprint density at radius 2 is 2.00 bits per heavy atom. The highest BCUT2D eigenvalue weighted by molar-refractivity contribution is 6.17. The van der Waals surface area contributed by atoms with E-state index in [2.05, 4.69) is 9.97 Å². The maximum Gasteiger partial charge on any atom is 0.138 e. The molecule has 0 aliphatic rings. The first-order chi connectivity index (χ1) is 8.38. The molecule has 0 aliphatic carbocycles. The molecule has 3 nitrogen and oxygen atoms in total. The fourth-order valence-corrected chi connectivity index (χ4v) is 1.98. The van der Waals surface area contributed by atoms with Crippen LogP contribution >= 0.6 is 11.6 Å². The van der Waals surface area contributed by atoms with Crippen molar-refractivity contribution in [3.63, 3.8) is 0 Å². The van der Waals surface area contributed by atoms with Gasteiger partial charge in [0, 0.05) is 12.1 Å². The highest BCUT2D eigenvalue weighted by atomic mass is 35.5. The smallest absolute Gasteiger partial charge is 0.138 e. The number of para-hydroxylation sites is 2. The Morgan fingerprint density at radius 3 is 2.88 bits per heavy atom. The van der Waals surface area contributed by atoms with Gasteiger partial charge in [-0.05, 0) is 29.8 Å². The van der Waals surface area contributed by atoms with Crippen LogP contribution in [-0.4, -0.2) is 14.5 Å². The van der Waals surface area contributed by atoms with Crippen molar-refractivity contribution in [2.24, 2.45) is 0 Å². The number of hydrogen-bond donors (Lipinski definition) is 0. The lowest BCUT2D eigenvalue weighted by atomic mass is 10.3. The van der Waals surface area contributed by atoms with Crippen LogP contribution in [0.4, 0.5) is 0 Å². The lowest BCUT2D eigenvalue weighted by molar-refractivity contribution is 1.01. The first-order valence-corrected chi connectivity index (χ1v) is 5.85. The summed E-state index contributed by atoms with van der Waals surface area (Å²) in [5, 5.41) is 0. The molecule has 3 rings (SSSR count). The summed E-state index contributed by atoms with van der Waals surface area (Å²) in [6.45, 7) is 0. The van der Waals surface area contributed by atoms with Crippen molar-refractivity contribution in [1.82, 2.24) is 14.5 Å². The summed E-state index contributed by atoms with van der Waals surface area (Å²) >= 11 is 5.83. The predicted octanol–water partition coefficient (Wildman–Crippen LogP) is 3.16. The van der Waals surface area contributed by atoms with E-state index < -0.39 is 0 Å². The molecule has 0 atom stereocenters. The van der Waals surface area contributed by atoms with Crippen LogP contribution in [0, 0.1) is 0 Å². The molecule has 0 aliphatic heterocycles. The number of benzene rings is 1. The standard InChI is InChI=1S/C13H10ClN3/c14-8-10-5-6-15-13(7-10)17-9-16-11-3-1-2-4-12(11)17/h1-7,9H,8H2. The summed E-state index contributed by atoms with van der Waals surface area (Å²) in [5.74, 6) is 1.33. The average molecular weight is 244 g/mol. The molecule has 0 spiro atoms. The van der Waals surface area contributed by atoms with Crippen molar-refractivity contribution in [2.75, 3.05) is 0 Å². The molecular weight excluding hydrogens is 234 g/mol. The molecule has 0 bridgehead atoms. The second-order valence-corrected chi connectivity index (χ2v) is 4.03. The Kier molecular flexibility index (Phi) is 2.53. The summed E-state index contributed by atoms with van der Waals surface area (Å²) in [6, 6.07) is 11.9. The van der Waals surface area contributed by atoms with Crippen LogP contribution < -0.4 is 0 Å². The van der Waals surface area contributed by atoms with E-state index in [-0.39, 0.29) is 0 Å². The molecular formula is C13H10ClN3. The fourth-order valence-electron chi connectivity index (χ4n) is 1.82. The van der Waals surface area contributed by atoms with Crippen molar-refractivity contribution < 1.29 is 0 Å². The number of imidazole rings is 1. The van der Waals surface area contributed by atoms with Gasteiger partial charge in [-0.2, -0.15) is 0 Å². The lowest BCUT2D eigenvalue weighted by Crippen LogP contribution is -1.96. The normalized spacial score (nSPS) is 10.9. The van der Waals surface area contributed by atoms with Crippen LogP contribution in [0.15, 0.2) is 48.9 Å². The molecule has 4 heteroatoms. The van der Waals surface area contributed by atoms with Crippen molar-refractivity contribution in [1.29, 1.82) is 0 Å². The second-order valence-electron chi connectivity index (χ2n) is 3.76. The van der Waals surface area contributed by atoms with E-state index in [4.69, 9.17) is 11.6 Å². The monoisotopic (exact) mass is 243 g/mol. The number of hydrogen-bond acceptors (Lipinski definition) is 2. The van der Waals surface area contributed by atoms with E-state index in [1.54, 1.807) is 12.5 Å². The van der Waals surface area contributed by atoms with Gasteiger partial charge < -0.3 is 0 Å². The molecule has 0 unspecified atom stereocenters. The zero-order chi connectivity index (χ0) is 11.7.